The summed E-state index contributed by atoms with van der Waals surface area (Å²) in [4.78, 5) is 28.1. The number of hydrogen-bond donors (Lipinski definition) is 0. The van der Waals surface area contributed by atoms with Gasteiger partial charge in [-0.1, -0.05) is 49.2 Å². The van der Waals surface area contributed by atoms with Crippen LogP contribution >= 0.6 is 23.2 Å². The summed E-state index contributed by atoms with van der Waals surface area (Å²) in [6, 6.07) is 12.9. The molecule has 0 N–H and O–H groups in total. The predicted molar refractivity (Wildman–Crippen MR) is 126 cm³/mol. The van der Waals surface area contributed by atoms with Crippen molar-refractivity contribution in [1.82, 2.24) is 24.1 Å². The molecule has 0 saturated carbocycles. The second-order valence-electron chi connectivity index (χ2n) is 7.99. The van der Waals surface area contributed by atoms with Gasteiger partial charge in [0, 0.05) is 6.54 Å². The van der Waals surface area contributed by atoms with E-state index >= 15 is 0 Å². The molecule has 0 fully saturated rings. The molecular formula is C23H19Cl2N5O. The Hall–Kier alpha value is -2.96. The topological polar surface area (TPSA) is 65.6 Å². The monoisotopic (exact) mass is 451 g/mol. The lowest BCUT2D eigenvalue weighted by molar-refractivity contribution is 0.498. The zero-order valence-corrected chi connectivity index (χ0v) is 18.7. The molecule has 156 valence electrons. The van der Waals surface area contributed by atoms with E-state index in [-0.39, 0.29) is 5.56 Å². The number of rotatable bonds is 3. The summed E-state index contributed by atoms with van der Waals surface area (Å²) in [7, 11) is 0. The summed E-state index contributed by atoms with van der Waals surface area (Å²) < 4.78 is 3.54. The molecule has 8 heteroatoms. The van der Waals surface area contributed by atoms with Gasteiger partial charge in [0.2, 0.25) is 0 Å². The van der Waals surface area contributed by atoms with E-state index in [4.69, 9.17) is 38.2 Å². The third-order valence-corrected chi connectivity index (χ3v) is 6.00. The minimum absolute atomic E-state index is 0.121. The van der Waals surface area contributed by atoms with Crippen LogP contribution in [0.15, 0.2) is 47.3 Å². The maximum atomic E-state index is 13.6. The van der Waals surface area contributed by atoms with Crippen LogP contribution in [0.25, 0.3) is 38.9 Å². The molecule has 0 aliphatic carbocycles. The van der Waals surface area contributed by atoms with Crippen molar-refractivity contribution in [2.24, 2.45) is 5.92 Å². The zero-order chi connectivity index (χ0) is 21.9. The fourth-order valence-corrected chi connectivity index (χ4v) is 4.17. The third kappa shape index (κ3) is 3.18. The van der Waals surface area contributed by atoms with Crippen molar-refractivity contribution in [3.05, 3.63) is 68.7 Å². The standard InChI is InChI=1S/C23H19Cl2N5O/c1-12(2)11-29-13(3)26-21-19(23(29)31)20-22(28-18-7-5-4-6-17(18)27-20)30(21)14-8-9-15(24)16(25)10-14/h4-10,12H,11H2,1-3H3. The molecule has 3 aromatic heterocycles. The lowest BCUT2D eigenvalue weighted by Gasteiger charge is -2.13. The SMILES string of the molecule is Cc1nc2c(c(=O)n1CC(C)C)c1nc3ccccc3nc1n2-c1ccc(Cl)c(Cl)c1. The second-order valence-corrected chi connectivity index (χ2v) is 8.80. The molecule has 0 spiro atoms. The molecule has 0 bridgehead atoms. The van der Waals surface area contributed by atoms with Gasteiger partial charge in [0.25, 0.3) is 5.56 Å². The number of para-hydroxylation sites is 2. The second kappa shape index (κ2) is 7.32. The highest BCUT2D eigenvalue weighted by Crippen LogP contribution is 2.31. The predicted octanol–water partition coefficient (Wildman–Crippen LogP) is 5.55. The quantitative estimate of drug-likeness (QED) is 0.360. The number of benzene rings is 2. The van der Waals surface area contributed by atoms with E-state index in [1.165, 1.54) is 0 Å². The largest absolute Gasteiger partial charge is 0.296 e. The molecule has 2 aromatic carbocycles. The molecule has 5 rings (SSSR count). The van der Waals surface area contributed by atoms with Crippen LogP contribution in [0.1, 0.15) is 19.7 Å². The molecule has 0 atom stereocenters. The Morgan fingerprint density at radius 2 is 1.65 bits per heavy atom. The van der Waals surface area contributed by atoms with E-state index in [1.54, 1.807) is 16.7 Å². The maximum Gasteiger partial charge on any atom is 0.265 e. The fraction of sp³-hybridized carbons (Fsp3) is 0.217. The van der Waals surface area contributed by atoms with Gasteiger partial charge in [0.1, 0.15) is 16.7 Å². The van der Waals surface area contributed by atoms with Crippen LogP contribution in [0.2, 0.25) is 10.0 Å². The molecular weight excluding hydrogens is 433 g/mol. The van der Waals surface area contributed by atoms with E-state index in [1.807, 2.05) is 41.8 Å². The van der Waals surface area contributed by atoms with Crippen LogP contribution in [-0.2, 0) is 6.54 Å². The number of aryl methyl sites for hydroxylation is 1. The van der Waals surface area contributed by atoms with Crippen LogP contribution in [0.4, 0.5) is 0 Å². The summed E-state index contributed by atoms with van der Waals surface area (Å²) in [5.74, 6) is 0.936. The molecule has 0 unspecified atom stereocenters. The van der Waals surface area contributed by atoms with Crippen LogP contribution in [0.5, 0.6) is 0 Å². The van der Waals surface area contributed by atoms with Crippen molar-refractivity contribution in [2.75, 3.05) is 0 Å². The highest BCUT2D eigenvalue weighted by atomic mass is 35.5. The van der Waals surface area contributed by atoms with Gasteiger partial charge < -0.3 is 0 Å². The van der Waals surface area contributed by atoms with E-state index in [2.05, 4.69) is 13.8 Å². The Balaban J connectivity index is 1.99. The lowest BCUT2D eigenvalue weighted by Crippen LogP contribution is -2.26. The molecule has 3 heterocycles. The first-order valence-corrected chi connectivity index (χ1v) is 10.7. The van der Waals surface area contributed by atoms with Gasteiger partial charge in [0.15, 0.2) is 11.3 Å². The van der Waals surface area contributed by atoms with Gasteiger partial charge in [-0.25, -0.2) is 15.0 Å². The normalized spacial score (nSPS) is 11.9. The van der Waals surface area contributed by atoms with Crippen molar-refractivity contribution >= 4 is 56.4 Å². The molecule has 0 radical (unpaired) electrons. The molecule has 31 heavy (non-hydrogen) atoms. The van der Waals surface area contributed by atoms with Gasteiger partial charge in [-0.05, 0) is 43.2 Å². The first kappa shape index (κ1) is 20.0. The van der Waals surface area contributed by atoms with E-state index < -0.39 is 0 Å². The Labute approximate surface area is 188 Å². The average Bonchev–Trinajstić information content (AvgIpc) is 3.04. The fourth-order valence-electron chi connectivity index (χ4n) is 3.88. The lowest BCUT2D eigenvalue weighted by atomic mass is 10.2. The van der Waals surface area contributed by atoms with E-state index in [0.29, 0.717) is 56.2 Å². The van der Waals surface area contributed by atoms with Crippen molar-refractivity contribution in [3.63, 3.8) is 0 Å². The molecule has 0 aliphatic rings. The molecule has 6 nitrogen and oxygen atoms in total. The highest BCUT2D eigenvalue weighted by molar-refractivity contribution is 6.42. The van der Waals surface area contributed by atoms with Crippen molar-refractivity contribution in [1.29, 1.82) is 0 Å². The van der Waals surface area contributed by atoms with Crippen LogP contribution < -0.4 is 5.56 Å². The van der Waals surface area contributed by atoms with Gasteiger partial charge >= 0.3 is 0 Å². The van der Waals surface area contributed by atoms with Crippen molar-refractivity contribution in [2.45, 2.75) is 27.3 Å². The van der Waals surface area contributed by atoms with Crippen LogP contribution in [0.3, 0.4) is 0 Å². The smallest absolute Gasteiger partial charge is 0.265 e. The molecule has 0 aliphatic heterocycles. The Bertz CT molecular complexity index is 1550. The summed E-state index contributed by atoms with van der Waals surface area (Å²) in [5, 5.41) is 1.31. The minimum atomic E-state index is -0.121. The minimum Gasteiger partial charge on any atom is -0.296 e. The van der Waals surface area contributed by atoms with Gasteiger partial charge in [-0.3, -0.25) is 13.9 Å². The van der Waals surface area contributed by atoms with Crippen LogP contribution in [0, 0.1) is 12.8 Å². The average molecular weight is 452 g/mol. The molecule has 5 aromatic rings. The number of nitrogens with zero attached hydrogens (tertiary/aromatic N) is 5. The number of aromatic nitrogens is 5. The first-order chi connectivity index (χ1) is 14.8. The highest BCUT2D eigenvalue weighted by Gasteiger charge is 2.22. The van der Waals surface area contributed by atoms with Gasteiger partial charge in [0.05, 0.1) is 26.8 Å². The number of halogens is 2. The summed E-state index contributed by atoms with van der Waals surface area (Å²) in [6.07, 6.45) is 0. The molecule has 0 amide bonds. The van der Waals surface area contributed by atoms with E-state index in [9.17, 15) is 4.79 Å². The van der Waals surface area contributed by atoms with Gasteiger partial charge in [-0.2, -0.15) is 0 Å². The third-order valence-electron chi connectivity index (χ3n) is 5.26. The zero-order valence-electron chi connectivity index (χ0n) is 17.2. The van der Waals surface area contributed by atoms with Crippen LogP contribution in [-0.4, -0.2) is 24.1 Å². The number of fused-ring (bicyclic) bond motifs is 4. The van der Waals surface area contributed by atoms with Crippen molar-refractivity contribution in [3.8, 4) is 5.69 Å². The summed E-state index contributed by atoms with van der Waals surface area (Å²) >= 11 is 12.4. The maximum absolute atomic E-state index is 13.6. The Morgan fingerprint density at radius 3 is 2.32 bits per heavy atom. The van der Waals surface area contributed by atoms with Crippen molar-refractivity contribution < 1.29 is 0 Å². The summed E-state index contributed by atoms with van der Waals surface area (Å²) in [5.41, 5.74) is 3.63. The molecule has 0 saturated heterocycles. The Kier molecular flexibility index (Phi) is 4.72. The summed E-state index contributed by atoms with van der Waals surface area (Å²) in [6.45, 7) is 6.57. The number of hydrogen-bond acceptors (Lipinski definition) is 4. The Morgan fingerprint density at radius 1 is 0.935 bits per heavy atom. The van der Waals surface area contributed by atoms with Gasteiger partial charge in [-0.15, -0.1) is 0 Å². The first-order valence-electron chi connectivity index (χ1n) is 9.99. The van der Waals surface area contributed by atoms with E-state index in [0.717, 1.165) is 11.0 Å².